The minimum atomic E-state index is -0.239. The number of benzene rings is 2. The van der Waals surface area contributed by atoms with Crippen LogP contribution < -0.4 is 5.32 Å². The summed E-state index contributed by atoms with van der Waals surface area (Å²) < 4.78 is 1.94. The van der Waals surface area contributed by atoms with Gasteiger partial charge in [-0.05, 0) is 30.3 Å². The Hall–Kier alpha value is -3.55. The zero-order valence-corrected chi connectivity index (χ0v) is 18.0. The molecule has 0 atom stereocenters. The normalized spacial score (nSPS) is 11.0. The average molecular weight is 446 g/mol. The summed E-state index contributed by atoms with van der Waals surface area (Å²) in [5.41, 5.74) is 3.01. The minimum Gasteiger partial charge on any atom is -0.333 e. The Morgan fingerprint density at radius 1 is 1.06 bits per heavy atom. The highest BCUT2D eigenvalue weighted by atomic mass is 35.5. The number of thiazole rings is 1. The van der Waals surface area contributed by atoms with E-state index in [1.165, 1.54) is 11.3 Å². The van der Waals surface area contributed by atoms with Gasteiger partial charge < -0.3 is 4.57 Å². The molecule has 3 aromatic heterocycles. The van der Waals surface area contributed by atoms with Gasteiger partial charge in [-0.2, -0.15) is 0 Å². The maximum atomic E-state index is 12.9. The number of aromatic nitrogens is 4. The van der Waals surface area contributed by atoms with Gasteiger partial charge >= 0.3 is 0 Å². The SMILES string of the molecule is Cn1ccnc1-c1sc(NC(=O)c2ccc3nc(Cl)ccc3c2)nc1-c1ccccc1. The van der Waals surface area contributed by atoms with Crippen LogP contribution in [0.1, 0.15) is 10.4 Å². The number of nitrogens with one attached hydrogen (secondary N) is 1. The van der Waals surface area contributed by atoms with Crippen molar-refractivity contribution in [3.05, 3.63) is 83.8 Å². The van der Waals surface area contributed by atoms with Crippen molar-refractivity contribution < 1.29 is 4.79 Å². The number of imidazole rings is 1. The highest BCUT2D eigenvalue weighted by molar-refractivity contribution is 7.19. The molecule has 0 saturated carbocycles. The maximum Gasteiger partial charge on any atom is 0.257 e. The van der Waals surface area contributed by atoms with Crippen LogP contribution in [0.25, 0.3) is 32.9 Å². The molecule has 0 spiro atoms. The molecule has 3 heterocycles. The number of rotatable bonds is 4. The second kappa shape index (κ2) is 7.94. The lowest BCUT2D eigenvalue weighted by atomic mass is 10.1. The number of hydrogen-bond donors (Lipinski definition) is 1. The number of fused-ring (bicyclic) bond motifs is 1. The summed E-state index contributed by atoms with van der Waals surface area (Å²) >= 11 is 7.34. The Labute approximate surface area is 187 Å². The van der Waals surface area contributed by atoms with E-state index in [2.05, 4.69) is 15.3 Å². The van der Waals surface area contributed by atoms with Crippen LogP contribution in [-0.2, 0) is 7.05 Å². The fourth-order valence-corrected chi connectivity index (χ4v) is 4.49. The van der Waals surface area contributed by atoms with Crippen molar-refractivity contribution in [2.45, 2.75) is 0 Å². The van der Waals surface area contributed by atoms with E-state index in [0.29, 0.717) is 15.8 Å². The molecule has 0 unspecified atom stereocenters. The molecule has 8 heteroatoms. The van der Waals surface area contributed by atoms with Gasteiger partial charge in [0.2, 0.25) is 0 Å². The first-order valence-corrected chi connectivity index (χ1v) is 10.7. The predicted molar refractivity (Wildman–Crippen MR) is 124 cm³/mol. The topological polar surface area (TPSA) is 72.7 Å². The van der Waals surface area contributed by atoms with Gasteiger partial charge in [-0.25, -0.2) is 15.0 Å². The Morgan fingerprint density at radius 3 is 2.68 bits per heavy atom. The summed E-state index contributed by atoms with van der Waals surface area (Å²) in [6.45, 7) is 0. The minimum absolute atomic E-state index is 0.239. The van der Waals surface area contributed by atoms with Gasteiger partial charge in [-0.15, -0.1) is 0 Å². The summed E-state index contributed by atoms with van der Waals surface area (Å²) in [5.74, 6) is 0.558. The number of halogens is 1. The van der Waals surface area contributed by atoms with E-state index >= 15 is 0 Å². The number of pyridine rings is 1. The van der Waals surface area contributed by atoms with Crippen LogP contribution in [0.5, 0.6) is 0 Å². The van der Waals surface area contributed by atoms with Gasteiger partial charge in [0.1, 0.15) is 5.15 Å². The number of anilines is 1. The first-order chi connectivity index (χ1) is 15.1. The molecule has 1 amide bonds. The van der Waals surface area contributed by atoms with E-state index in [1.807, 2.05) is 54.2 Å². The largest absolute Gasteiger partial charge is 0.333 e. The first-order valence-electron chi connectivity index (χ1n) is 9.50. The van der Waals surface area contributed by atoms with Gasteiger partial charge in [0.15, 0.2) is 11.0 Å². The smallest absolute Gasteiger partial charge is 0.257 e. The lowest BCUT2D eigenvalue weighted by molar-refractivity contribution is 0.102. The Balaban J connectivity index is 1.51. The molecule has 0 aliphatic carbocycles. The molecule has 0 fully saturated rings. The molecule has 6 nitrogen and oxygen atoms in total. The summed E-state index contributed by atoms with van der Waals surface area (Å²) in [4.78, 5) is 27.3. The zero-order valence-electron chi connectivity index (χ0n) is 16.4. The van der Waals surface area contributed by atoms with Gasteiger partial charge in [0.25, 0.3) is 5.91 Å². The Morgan fingerprint density at radius 2 is 1.90 bits per heavy atom. The molecular weight excluding hydrogens is 430 g/mol. The van der Waals surface area contributed by atoms with Crippen molar-refractivity contribution in [2.24, 2.45) is 7.05 Å². The number of carbonyl (C=O) groups is 1. The second-order valence-electron chi connectivity index (χ2n) is 6.92. The van der Waals surface area contributed by atoms with E-state index in [0.717, 1.165) is 32.9 Å². The number of aryl methyl sites for hydroxylation is 1. The average Bonchev–Trinajstić information content (AvgIpc) is 3.39. The quantitative estimate of drug-likeness (QED) is 0.362. The molecule has 31 heavy (non-hydrogen) atoms. The molecular formula is C23H16ClN5OS. The van der Waals surface area contributed by atoms with Crippen LogP contribution in [0.2, 0.25) is 5.15 Å². The molecule has 0 aliphatic heterocycles. The second-order valence-corrected chi connectivity index (χ2v) is 8.31. The highest BCUT2D eigenvalue weighted by Gasteiger charge is 2.19. The molecule has 1 N–H and O–H groups in total. The van der Waals surface area contributed by atoms with Crippen molar-refractivity contribution in [2.75, 3.05) is 5.32 Å². The lowest BCUT2D eigenvalue weighted by Gasteiger charge is -2.04. The Bertz CT molecular complexity index is 1410. The van der Waals surface area contributed by atoms with Crippen LogP contribution in [0.15, 0.2) is 73.1 Å². The van der Waals surface area contributed by atoms with Gasteiger partial charge in [-0.3, -0.25) is 10.1 Å². The molecule has 5 aromatic rings. The van der Waals surface area contributed by atoms with Crippen LogP contribution in [0.3, 0.4) is 0 Å². The van der Waals surface area contributed by atoms with Crippen LogP contribution in [0.4, 0.5) is 5.13 Å². The van der Waals surface area contributed by atoms with E-state index < -0.39 is 0 Å². The third-order valence-electron chi connectivity index (χ3n) is 4.84. The van der Waals surface area contributed by atoms with Crippen molar-refractivity contribution in [3.63, 3.8) is 0 Å². The number of amides is 1. The highest BCUT2D eigenvalue weighted by Crippen LogP contribution is 2.38. The van der Waals surface area contributed by atoms with E-state index in [9.17, 15) is 4.79 Å². The Kier molecular flexibility index (Phi) is 4.97. The molecule has 0 saturated heterocycles. The van der Waals surface area contributed by atoms with Gasteiger partial charge in [0, 0.05) is 36.0 Å². The van der Waals surface area contributed by atoms with Crippen molar-refractivity contribution in [3.8, 4) is 22.0 Å². The molecule has 2 aromatic carbocycles. The summed E-state index contributed by atoms with van der Waals surface area (Å²) in [6.07, 6.45) is 3.63. The third kappa shape index (κ3) is 3.81. The summed E-state index contributed by atoms with van der Waals surface area (Å²) in [5, 5.41) is 4.70. The van der Waals surface area contributed by atoms with Gasteiger partial charge in [-0.1, -0.05) is 53.3 Å². The monoisotopic (exact) mass is 445 g/mol. The van der Waals surface area contributed by atoms with E-state index in [-0.39, 0.29) is 5.91 Å². The van der Waals surface area contributed by atoms with Crippen molar-refractivity contribution >= 4 is 44.9 Å². The molecule has 152 valence electrons. The van der Waals surface area contributed by atoms with Crippen molar-refractivity contribution in [1.82, 2.24) is 19.5 Å². The van der Waals surface area contributed by atoms with Crippen LogP contribution in [-0.4, -0.2) is 25.4 Å². The standard InChI is InChI=1S/C23H16ClN5OS/c1-29-12-11-25-21(29)20-19(14-5-3-2-4-6-14)27-23(31-20)28-22(30)16-7-9-17-15(13-16)8-10-18(24)26-17/h2-13H,1H3,(H,27,28,30). The fourth-order valence-electron chi connectivity index (χ4n) is 3.31. The predicted octanol–water partition coefficient (Wildman–Crippen LogP) is 5.66. The molecule has 0 radical (unpaired) electrons. The summed E-state index contributed by atoms with van der Waals surface area (Å²) in [7, 11) is 1.93. The lowest BCUT2D eigenvalue weighted by Crippen LogP contribution is -2.11. The third-order valence-corrected chi connectivity index (χ3v) is 6.01. The number of carbonyl (C=O) groups excluding carboxylic acids is 1. The van der Waals surface area contributed by atoms with Gasteiger partial charge in [0.05, 0.1) is 16.1 Å². The maximum absolute atomic E-state index is 12.9. The molecule has 0 bridgehead atoms. The van der Waals surface area contributed by atoms with Crippen LogP contribution in [0, 0.1) is 0 Å². The zero-order chi connectivity index (χ0) is 21.4. The molecule has 0 aliphatic rings. The van der Waals surface area contributed by atoms with Crippen molar-refractivity contribution in [1.29, 1.82) is 0 Å². The number of hydrogen-bond acceptors (Lipinski definition) is 5. The first kappa shape index (κ1) is 19.4. The van der Waals surface area contributed by atoms with E-state index in [1.54, 1.807) is 30.5 Å². The van der Waals surface area contributed by atoms with Crippen LogP contribution >= 0.6 is 22.9 Å². The summed E-state index contributed by atoms with van der Waals surface area (Å²) in [6, 6.07) is 18.7. The fraction of sp³-hybridized carbons (Fsp3) is 0.0435. The number of nitrogens with zero attached hydrogens (tertiary/aromatic N) is 4. The molecule has 5 rings (SSSR count). The van der Waals surface area contributed by atoms with E-state index in [4.69, 9.17) is 16.6 Å².